The molecule has 1 amide bonds. The molecule has 0 aliphatic heterocycles. The summed E-state index contributed by atoms with van der Waals surface area (Å²) in [6.45, 7) is 6.61. The molecule has 0 aliphatic carbocycles. The minimum Gasteiger partial charge on any atom is -0.356 e. The second-order valence-electron chi connectivity index (χ2n) is 4.18. The molecular formula is C12H23NO2. The zero-order valence-corrected chi connectivity index (χ0v) is 10.1. The van der Waals surface area contributed by atoms with Gasteiger partial charge in [-0.15, -0.1) is 0 Å². The first-order valence-electron chi connectivity index (χ1n) is 5.87. The van der Waals surface area contributed by atoms with E-state index in [0.29, 0.717) is 18.6 Å². The van der Waals surface area contributed by atoms with Crippen LogP contribution in [0.4, 0.5) is 0 Å². The van der Waals surface area contributed by atoms with Crippen LogP contribution in [-0.2, 0) is 9.59 Å². The topological polar surface area (TPSA) is 46.2 Å². The van der Waals surface area contributed by atoms with Crippen LogP contribution in [-0.4, -0.2) is 18.2 Å². The highest BCUT2D eigenvalue weighted by atomic mass is 16.1. The molecule has 15 heavy (non-hydrogen) atoms. The van der Waals surface area contributed by atoms with Crippen LogP contribution in [0.2, 0.25) is 0 Å². The molecular weight excluding hydrogens is 190 g/mol. The minimum absolute atomic E-state index is 0.105. The molecule has 0 heterocycles. The lowest BCUT2D eigenvalue weighted by atomic mass is 10.0. The predicted molar refractivity (Wildman–Crippen MR) is 61.6 cm³/mol. The Balaban J connectivity index is 3.38. The molecule has 88 valence electrons. The average molecular weight is 213 g/mol. The Bertz CT molecular complexity index is 200. The van der Waals surface area contributed by atoms with Crippen molar-refractivity contribution < 1.29 is 9.59 Å². The highest BCUT2D eigenvalue weighted by molar-refractivity contribution is 5.80. The highest BCUT2D eigenvalue weighted by Gasteiger charge is 2.07. The van der Waals surface area contributed by atoms with Gasteiger partial charge in [-0.2, -0.15) is 0 Å². The third-order valence-corrected chi connectivity index (χ3v) is 2.29. The Morgan fingerprint density at radius 3 is 2.27 bits per heavy atom. The summed E-state index contributed by atoms with van der Waals surface area (Å²) in [6.07, 6.45) is 3.77. The Hall–Kier alpha value is -0.860. The van der Waals surface area contributed by atoms with Gasteiger partial charge in [0, 0.05) is 25.3 Å². The third kappa shape index (κ3) is 8.16. The lowest BCUT2D eigenvalue weighted by Gasteiger charge is -2.04. The van der Waals surface area contributed by atoms with Crippen molar-refractivity contribution >= 4 is 11.7 Å². The highest BCUT2D eigenvalue weighted by Crippen LogP contribution is 2.05. The van der Waals surface area contributed by atoms with E-state index in [0.717, 1.165) is 25.8 Å². The fourth-order valence-corrected chi connectivity index (χ4v) is 1.23. The summed E-state index contributed by atoms with van der Waals surface area (Å²) in [4.78, 5) is 22.4. The molecule has 0 aromatic rings. The molecule has 0 unspecified atom stereocenters. The smallest absolute Gasteiger partial charge is 0.219 e. The van der Waals surface area contributed by atoms with Gasteiger partial charge in [0.25, 0.3) is 0 Å². The summed E-state index contributed by atoms with van der Waals surface area (Å²) >= 11 is 0. The van der Waals surface area contributed by atoms with Gasteiger partial charge in [0.15, 0.2) is 0 Å². The van der Waals surface area contributed by atoms with Gasteiger partial charge in [0.2, 0.25) is 5.91 Å². The lowest BCUT2D eigenvalue weighted by molar-refractivity contribution is -0.123. The van der Waals surface area contributed by atoms with Crippen molar-refractivity contribution in [2.75, 3.05) is 6.54 Å². The van der Waals surface area contributed by atoms with Crippen molar-refractivity contribution in [2.45, 2.75) is 52.9 Å². The first kappa shape index (κ1) is 14.1. The summed E-state index contributed by atoms with van der Waals surface area (Å²) in [5.41, 5.74) is 0. The van der Waals surface area contributed by atoms with Crippen molar-refractivity contribution in [1.29, 1.82) is 0 Å². The number of nitrogens with one attached hydrogen (secondary N) is 1. The molecule has 1 N–H and O–H groups in total. The average Bonchev–Trinajstić information content (AvgIpc) is 2.20. The lowest BCUT2D eigenvalue weighted by Crippen LogP contribution is -2.23. The molecule has 3 nitrogen and oxygen atoms in total. The van der Waals surface area contributed by atoms with E-state index in [1.54, 1.807) is 0 Å². The van der Waals surface area contributed by atoms with Gasteiger partial charge in [0.05, 0.1) is 0 Å². The zero-order valence-electron chi connectivity index (χ0n) is 10.1. The fourth-order valence-electron chi connectivity index (χ4n) is 1.23. The second kappa shape index (κ2) is 8.45. The van der Waals surface area contributed by atoms with Gasteiger partial charge in [-0.1, -0.05) is 20.8 Å². The number of hydrogen-bond donors (Lipinski definition) is 1. The normalized spacial score (nSPS) is 10.4. The van der Waals surface area contributed by atoms with Gasteiger partial charge < -0.3 is 5.32 Å². The van der Waals surface area contributed by atoms with Crippen molar-refractivity contribution in [3.8, 4) is 0 Å². The van der Waals surface area contributed by atoms with Gasteiger partial charge >= 0.3 is 0 Å². The van der Waals surface area contributed by atoms with Crippen molar-refractivity contribution in [3.63, 3.8) is 0 Å². The van der Waals surface area contributed by atoms with E-state index in [-0.39, 0.29) is 11.8 Å². The number of carbonyl (C=O) groups is 2. The van der Waals surface area contributed by atoms with Crippen LogP contribution in [0.25, 0.3) is 0 Å². The predicted octanol–water partition coefficient (Wildman–Crippen LogP) is 2.30. The molecule has 0 aromatic heterocycles. The molecule has 0 spiro atoms. The number of hydrogen-bond acceptors (Lipinski definition) is 2. The van der Waals surface area contributed by atoms with E-state index < -0.39 is 0 Å². The molecule has 0 radical (unpaired) electrons. The summed E-state index contributed by atoms with van der Waals surface area (Å²) < 4.78 is 0. The number of rotatable bonds is 8. The fraction of sp³-hybridized carbons (Fsp3) is 0.833. The molecule has 0 fully saturated rings. The summed E-state index contributed by atoms with van der Waals surface area (Å²) in [6, 6.07) is 0. The maximum Gasteiger partial charge on any atom is 0.219 e. The van der Waals surface area contributed by atoms with Gasteiger partial charge in [-0.25, -0.2) is 0 Å². The standard InChI is InChI=1S/C12H23NO2/c1-4-9-13-12(15)8-6-5-7-11(14)10(2)3/h10H,4-9H2,1-3H3,(H,13,15). The molecule has 0 saturated carbocycles. The Morgan fingerprint density at radius 1 is 1.13 bits per heavy atom. The van der Waals surface area contributed by atoms with Crippen LogP contribution in [0, 0.1) is 5.92 Å². The van der Waals surface area contributed by atoms with Crippen molar-refractivity contribution in [2.24, 2.45) is 5.92 Å². The first-order valence-corrected chi connectivity index (χ1v) is 5.87. The van der Waals surface area contributed by atoms with Crippen LogP contribution < -0.4 is 5.32 Å². The van der Waals surface area contributed by atoms with Crippen molar-refractivity contribution in [3.05, 3.63) is 0 Å². The van der Waals surface area contributed by atoms with E-state index in [1.165, 1.54) is 0 Å². The van der Waals surface area contributed by atoms with Gasteiger partial charge in [-0.05, 0) is 19.3 Å². The number of amides is 1. The van der Waals surface area contributed by atoms with E-state index in [1.807, 2.05) is 20.8 Å². The molecule has 0 rings (SSSR count). The quantitative estimate of drug-likeness (QED) is 0.629. The summed E-state index contributed by atoms with van der Waals surface area (Å²) in [5.74, 6) is 0.525. The number of ketones is 1. The second-order valence-corrected chi connectivity index (χ2v) is 4.18. The third-order valence-electron chi connectivity index (χ3n) is 2.29. The molecule has 0 aliphatic rings. The van der Waals surface area contributed by atoms with Crippen LogP contribution >= 0.6 is 0 Å². The van der Waals surface area contributed by atoms with Gasteiger partial charge in [0.1, 0.15) is 5.78 Å². The summed E-state index contributed by atoms with van der Waals surface area (Å²) in [5, 5.41) is 2.82. The molecule has 3 heteroatoms. The molecule has 0 atom stereocenters. The molecule has 0 saturated heterocycles. The van der Waals surface area contributed by atoms with Crippen LogP contribution in [0.3, 0.4) is 0 Å². The van der Waals surface area contributed by atoms with Crippen LogP contribution in [0.5, 0.6) is 0 Å². The number of carbonyl (C=O) groups excluding carboxylic acids is 2. The van der Waals surface area contributed by atoms with Crippen molar-refractivity contribution in [1.82, 2.24) is 5.32 Å². The maximum atomic E-state index is 11.3. The molecule has 0 aromatic carbocycles. The minimum atomic E-state index is 0.105. The maximum absolute atomic E-state index is 11.3. The Labute approximate surface area is 92.6 Å². The van der Waals surface area contributed by atoms with E-state index in [2.05, 4.69) is 5.32 Å². The van der Waals surface area contributed by atoms with E-state index >= 15 is 0 Å². The van der Waals surface area contributed by atoms with Crippen LogP contribution in [0.1, 0.15) is 52.9 Å². The van der Waals surface area contributed by atoms with Crippen LogP contribution in [0.15, 0.2) is 0 Å². The van der Waals surface area contributed by atoms with Gasteiger partial charge in [-0.3, -0.25) is 9.59 Å². The monoisotopic (exact) mass is 213 g/mol. The zero-order chi connectivity index (χ0) is 11.7. The van der Waals surface area contributed by atoms with E-state index in [4.69, 9.17) is 0 Å². The summed E-state index contributed by atoms with van der Waals surface area (Å²) in [7, 11) is 0. The number of unbranched alkanes of at least 4 members (excludes halogenated alkanes) is 1. The molecule has 0 bridgehead atoms. The largest absolute Gasteiger partial charge is 0.356 e. The van der Waals surface area contributed by atoms with E-state index in [9.17, 15) is 9.59 Å². The Morgan fingerprint density at radius 2 is 1.73 bits per heavy atom. The Kier molecular flexibility index (Phi) is 7.96. The first-order chi connectivity index (χ1) is 7.07. The number of Topliss-reactive ketones (excluding diaryl/α,β-unsaturated/α-hetero) is 1. The SMILES string of the molecule is CCCNC(=O)CCCCC(=O)C(C)C.